The molecule has 0 radical (unpaired) electrons. The first kappa shape index (κ1) is 21.8. The van der Waals surface area contributed by atoms with E-state index in [9.17, 15) is 18.0 Å². The molecule has 2 atom stereocenters. The molecule has 0 fully saturated rings. The van der Waals surface area contributed by atoms with Gasteiger partial charge in [-0.25, -0.2) is 4.68 Å². The summed E-state index contributed by atoms with van der Waals surface area (Å²) < 4.78 is 42.2. The first-order valence-corrected chi connectivity index (χ1v) is 10.2. The zero-order chi connectivity index (χ0) is 22.3. The summed E-state index contributed by atoms with van der Waals surface area (Å²) in [5, 5.41) is 9.44. The Morgan fingerprint density at radius 2 is 1.77 bits per heavy atom. The van der Waals surface area contributed by atoms with E-state index >= 15 is 0 Å². The summed E-state index contributed by atoms with van der Waals surface area (Å²) in [6.07, 6.45) is -4.90. The minimum Gasteiger partial charge on any atom is -0.362 e. The lowest BCUT2D eigenvalue weighted by Crippen LogP contribution is -2.35. The Hall–Kier alpha value is -2.42. The summed E-state index contributed by atoms with van der Waals surface area (Å²) in [7, 11) is 0. The van der Waals surface area contributed by atoms with E-state index in [1.54, 1.807) is 36.4 Å². The summed E-state index contributed by atoms with van der Waals surface area (Å²) in [4.78, 5) is 12.7. The molecule has 4 rings (SSSR count). The van der Waals surface area contributed by atoms with Gasteiger partial charge in [0.1, 0.15) is 10.8 Å². The van der Waals surface area contributed by atoms with Gasteiger partial charge in [0.2, 0.25) is 0 Å². The van der Waals surface area contributed by atoms with Gasteiger partial charge < -0.3 is 10.6 Å². The summed E-state index contributed by atoms with van der Waals surface area (Å²) in [5.41, 5.74) is 0.490. The molecule has 1 aromatic heterocycles. The van der Waals surface area contributed by atoms with Crippen LogP contribution in [0, 0.1) is 0 Å². The van der Waals surface area contributed by atoms with Gasteiger partial charge in [-0.1, -0.05) is 71.2 Å². The van der Waals surface area contributed by atoms with E-state index in [-0.39, 0.29) is 38.7 Å². The molecule has 0 aliphatic carbocycles. The van der Waals surface area contributed by atoms with Crippen LogP contribution in [0.5, 0.6) is 0 Å². The van der Waals surface area contributed by atoms with Gasteiger partial charge in [0.15, 0.2) is 11.7 Å². The number of amides is 1. The highest BCUT2D eigenvalue weighted by molar-refractivity contribution is 6.44. The molecule has 3 aromatic rings. The number of fused-ring (bicyclic) bond motifs is 1. The number of rotatable bonds is 3. The number of aromatic nitrogens is 2. The van der Waals surface area contributed by atoms with E-state index in [4.69, 9.17) is 34.8 Å². The van der Waals surface area contributed by atoms with Crippen molar-refractivity contribution in [2.24, 2.45) is 0 Å². The number of nitrogens with zero attached hydrogens (tertiary/aromatic N) is 2. The van der Waals surface area contributed by atoms with E-state index in [0.717, 1.165) is 4.68 Å². The van der Waals surface area contributed by atoms with Crippen LogP contribution in [0.25, 0.3) is 0 Å². The maximum atomic E-state index is 13.8. The number of hydrogen-bond donors (Lipinski definition) is 2. The second-order valence-corrected chi connectivity index (χ2v) is 8.08. The highest BCUT2D eigenvalue weighted by Crippen LogP contribution is 2.46. The number of benzene rings is 2. The summed E-state index contributed by atoms with van der Waals surface area (Å²) in [6.45, 7) is 0. The van der Waals surface area contributed by atoms with E-state index < -0.39 is 24.2 Å². The predicted octanol–water partition coefficient (Wildman–Crippen LogP) is 6.76. The molecule has 0 saturated carbocycles. The number of anilines is 2. The van der Waals surface area contributed by atoms with Crippen LogP contribution in [-0.4, -0.2) is 21.9 Å². The lowest BCUT2D eigenvalue weighted by Gasteiger charge is -2.33. The van der Waals surface area contributed by atoms with Crippen molar-refractivity contribution in [3.8, 4) is 0 Å². The van der Waals surface area contributed by atoms with Crippen LogP contribution < -0.4 is 10.6 Å². The SMILES string of the molecule is O=C(Nc1cccc(Cl)c1Cl)c1nn2c(c1Cl)NC(c1ccccc1)CC2C(F)(F)F. The molecule has 162 valence electrons. The fraction of sp³-hybridized carbons (Fsp3) is 0.200. The van der Waals surface area contributed by atoms with Crippen molar-refractivity contribution in [1.82, 2.24) is 9.78 Å². The third-order valence-corrected chi connectivity index (χ3v) is 6.09. The van der Waals surface area contributed by atoms with Gasteiger partial charge in [0, 0.05) is 6.42 Å². The van der Waals surface area contributed by atoms with Crippen molar-refractivity contribution >= 4 is 52.2 Å². The number of carbonyl (C=O) groups excluding carboxylic acids is 1. The third kappa shape index (κ3) is 4.20. The average Bonchev–Trinajstić information content (AvgIpc) is 3.07. The van der Waals surface area contributed by atoms with Crippen LogP contribution in [0.15, 0.2) is 48.5 Å². The Balaban J connectivity index is 1.71. The van der Waals surface area contributed by atoms with Gasteiger partial charge in [-0.15, -0.1) is 0 Å². The third-order valence-electron chi connectivity index (χ3n) is 4.91. The number of carbonyl (C=O) groups is 1. The Kier molecular flexibility index (Phi) is 5.81. The van der Waals surface area contributed by atoms with Crippen molar-refractivity contribution in [2.45, 2.75) is 24.7 Å². The zero-order valence-electron chi connectivity index (χ0n) is 15.6. The molecule has 31 heavy (non-hydrogen) atoms. The Bertz CT molecular complexity index is 1130. The van der Waals surface area contributed by atoms with Crippen molar-refractivity contribution in [2.75, 3.05) is 10.6 Å². The normalized spacial score (nSPS) is 18.3. The van der Waals surface area contributed by atoms with E-state index in [1.807, 2.05) is 0 Å². The quantitative estimate of drug-likeness (QED) is 0.427. The first-order chi connectivity index (χ1) is 14.7. The molecular formula is C20H14Cl3F3N4O. The van der Waals surface area contributed by atoms with Crippen molar-refractivity contribution in [3.05, 3.63) is 74.9 Å². The summed E-state index contributed by atoms with van der Waals surface area (Å²) in [6, 6.07) is 10.7. The second-order valence-electron chi connectivity index (χ2n) is 6.91. The molecule has 11 heteroatoms. The van der Waals surface area contributed by atoms with Crippen molar-refractivity contribution in [1.29, 1.82) is 0 Å². The topological polar surface area (TPSA) is 59.0 Å². The minimum atomic E-state index is -4.59. The van der Waals surface area contributed by atoms with Crippen LogP contribution in [0.2, 0.25) is 15.1 Å². The fourth-order valence-corrected chi connectivity index (χ4v) is 4.03. The maximum absolute atomic E-state index is 13.8. The van der Waals surface area contributed by atoms with E-state index in [1.165, 1.54) is 12.1 Å². The van der Waals surface area contributed by atoms with Crippen LogP contribution in [0.3, 0.4) is 0 Å². The van der Waals surface area contributed by atoms with Gasteiger partial charge in [0.25, 0.3) is 5.91 Å². The Labute approximate surface area is 190 Å². The summed E-state index contributed by atoms with van der Waals surface area (Å²) >= 11 is 18.3. The molecule has 1 aliphatic heterocycles. The van der Waals surface area contributed by atoms with Gasteiger partial charge in [-0.05, 0) is 17.7 Å². The molecule has 1 amide bonds. The molecule has 2 heterocycles. The molecular weight excluding hydrogens is 476 g/mol. The molecule has 2 aromatic carbocycles. The number of alkyl halides is 3. The lowest BCUT2D eigenvalue weighted by molar-refractivity contribution is -0.173. The Morgan fingerprint density at radius 3 is 2.45 bits per heavy atom. The van der Waals surface area contributed by atoms with Crippen molar-refractivity contribution < 1.29 is 18.0 Å². The monoisotopic (exact) mass is 488 g/mol. The molecule has 2 N–H and O–H groups in total. The first-order valence-electron chi connectivity index (χ1n) is 9.08. The zero-order valence-corrected chi connectivity index (χ0v) is 17.8. The maximum Gasteiger partial charge on any atom is 0.410 e. The molecule has 0 saturated heterocycles. The standard InChI is InChI=1S/C20H14Cl3F3N4O/c21-11-7-4-8-12(15(11)22)28-19(31)17-16(23)18-27-13(10-5-2-1-3-6-10)9-14(20(24,25)26)30(18)29-17/h1-8,13-14,27H,9H2,(H,28,31). The highest BCUT2D eigenvalue weighted by Gasteiger charge is 2.47. The number of halogens is 6. The minimum absolute atomic E-state index is 0.0774. The van der Waals surface area contributed by atoms with Gasteiger partial charge >= 0.3 is 6.18 Å². The molecule has 0 spiro atoms. The number of nitrogens with one attached hydrogen (secondary N) is 2. The smallest absolute Gasteiger partial charge is 0.362 e. The highest BCUT2D eigenvalue weighted by atomic mass is 35.5. The lowest BCUT2D eigenvalue weighted by atomic mass is 9.97. The van der Waals surface area contributed by atoms with E-state index in [0.29, 0.717) is 5.56 Å². The van der Waals surface area contributed by atoms with Crippen LogP contribution >= 0.6 is 34.8 Å². The average molecular weight is 490 g/mol. The predicted molar refractivity (Wildman–Crippen MR) is 114 cm³/mol. The van der Waals surface area contributed by atoms with Gasteiger partial charge in [0.05, 0.1) is 21.8 Å². The van der Waals surface area contributed by atoms with Gasteiger partial charge in [-0.2, -0.15) is 18.3 Å². The van der Waals surface area contributed by atoms with E-state index in [2.05, 4.69) is 15.7 Å². The molecule has 0 bridgehead atoms. The molecule has 5 nitrogen and oxygen atoms in total. The largest absolute Gasteiger partial charge is 0.410 e. The molecule has 2 unspecified atom stereocenters. The summed E-state index contributed by atoms with van der Waals surface area (Å²) in [5.74, 6) is -0.888. The van der Waals surface area contributed by atoms with Crippen LogP contribution in [0.4, 0.5) is 24.7 Å². The second kappa shape index (κ2) is 8.26. The number of hydrogen-bond acceptors (Lipinski definition) is 3. The molecule has 1 aliphatic rings. The van der Waals surface area contributed by atoms with Crippen LogP contribution in [-0.2, 0) is 0 Å². The Morgan fingerprint density at radius 1 is 1.06 bits per heavy atom. The van der Waals surface area contributed by atoms with Gasteiger partial charge in [-0.3, -0.25) is 4.79 Å². The van der Waals surface area contributed by atoms with Crippen molar-refractivity contribution in [3.63, 3.8) is 0 Å². The van der Waals surface area contributed by atoms with Crippen LogP contribution in [0.1, 0.15) is 34.6 Å². The fourth-order valence-electron chi connectivity index (χ4n) is 3.42.